The Labute approximate surface area is 159 Å². The third-order valence-corrected chi connectivity index (χ3v) is 5.13. The zero-order valence-corrected chi connectivity index (χ0v) is 15.6. The Hall–Kier alpha value is -2.77. The summed E-state index contributed by atoms with van der Waals surface area (Å²) in [5.41, 5.74) is 2.18. The number of thiazole rings is 1. The van der Waals surface area contributed by atoms with Crippen molar-refractivity contribution in [2.45, 2.75) is 6.92 Å². The van der Waals surface area contributed by atoms with Crippen molar-refractivity contribution in [1.29, 1.82) is 0 Å². The number of ether oxygens (including phenoxy) is 1. The van der Waals surface area contributed by atoms with Gasteiger partial charge in [-0.2, -0.15) is 0 Å². The number of hydrogen-bond acceptors (Lipinski definition) is 5. The minimum Gasteiger partial charge on any atom is -0.494 e. The topological polar surface area (TPSA) is 54.5 Å². The normalized spacial score (nSPS) is 15.7. The molecule has 1 aliphatic heterocycles. The summed E-state index contributed by atoms with van der Waals surface area (Å²) in [7, 11) is 0. The number of anilines is 1. The van der Waals surface area contributed by atoms with Crippen LogP contribution in [0.15, 0.2) is 54.2 Å². The highest BCUT2D eigenvalue weighted by Gasteiger charge is 2.34. The molecule has 0 spiro atoms. The maximum absolute atomic E-state index is 12.8. The lowest BCUT2D eigenvalue weighted by atomic mass is 10.2. The molecule has 0 atom stereocenters. The standard InChI is InChI=1S/C19H15N3O2S2/c1-2-24-13-8-9-14-16(11-13)26-19(21-14)22-17(23)15(20-18(22)25)10-12-6-4-3-5-7-12/h3-11H,2H2,1H3,(H,20,25). The van der Waals surface area contributed by atoms with E-state index >= 15 is 0 Å². The highest BCUT2D eigenvalue weighted by Crippen LogP contribution is 2.33. The van der Waals surface area contributed by atoms with Gasteiger partial charge < -0.3 is 10.1 Å². The molecule has 0 aliphatic carbocycles. The van der Waals surface area contributed by atoms with E-state index in [1.165, 1.54) is 16.2 Å². The van der Waals surface area contributed by atoms with E-state index in [0.29, 0.717) is 22.5 Å². The van der Waals surface area contributed by atoms with E-state index in [9.17, 15) is 4.79 Å². The van der Waals surface area contributed by atoms with Crippen molar-refractivity contribution in [3.05, 3.63) is 59.8 Å². The second kappa shape index (κ2) is 6.86. The van der Waals surface area contributed by atoms with Gasteiger partial charge in [0.1, 0.15) is 11.4 Å². The van der Waals surface area contributed by atoms with Crippen LogP contribution in [0.2, 0.25) is 0 Å². The fraction of sp³-hybridized carbons (Fsp3) is 0.105. The van der Waals surface area contributed by atoms with Crippen LogP contribution in [-0.2, 0) is 4.79 Å². The lowest BCUT2D eigenvalue weighted by molar-refractivity contribution is -0.113. The van der Waals surface area contributed by atoms with Gasteiger partial charge >= 0.3 is 0 Å². The molecule has 0 unspecified atom stereocenters. The molecule has 5 nitrogen and oxygen atoms in total. The van der Waals surface area contributed by atoms with E-state index in [1.807, 2.05) is 55.5 Å². The SMILES string of the molecule is CCOc1ccc2nc(N3C(=O)C(=Cc4ccccc4)NC3=S)sc2c1. The van der Waals surface area contributed by atoms with Crippen LogP contribution in [0.4, 0.5) is 5.13 Å². The molecule has 2 heterocycles. The van der Waals surface area contributed by atoms with E-state index in [0.717, 1.165) is 21.5 Å². The minimum atomic E-state index is -0.206. The van der Waals surface area contributed by atoms with Gasteiger partial charge in [-0.1, -0.05) is 41.7 Å². The van der Waals surface area contributed by atoms with E-state index in [-0.39, 0.29) is 5.91 Å². The van der Waals surface area contributed by atoms with Crippen LogP contribution in [0.5, 0.6) is 5.75 Å². The number of nitrogens with one attached hydrogen (secondary N) is 1. The Morgan fingerprint density at radius 3 is 2.85 bits per heavy atom. The highest BCUT2D eigenvalue weighted by atomic mass is 32.1. The number of nitrogens with zero attached hydrogens (tertiary/aromatic N) is 2. The minimum absolute atomic E-state index is 0.206. The van der Waals surface area contributed by atoms with Crippen molar-refractivity contribution in [3.63, 3.8) is 0 Å². The van der Waals surface area contributed by atoms with E-state index < -0.39 is 0 Å². The maximum atomic E-state index is 12.8. The molecule has 1 amide bonds. The van der Waals surface area contributed by atoms with Gasteiger partial charge in [0.2, 0.25) is 0 Å². The average molecular weight is 381 g/mol. The van der Waals surface area contributed by atoms with Gasteiger partial charge in [0.15, 0.2) is 10.2 Å². The lowest BCUT2D eigenvalue weighted by Crippen LogP contribution is -2.30. The molecule has 1 saturated heterocycles. The molecular formula is C19H15N3O2S2. The predicted octanol–water partition coefficient (Wildman–Crippen LogP) is 3.96. The van der Waals surface area contributed by atoms with Crippen LogP contribution in [-0.4, -0.2) is 22.6 Å². The molecule has 0 bridgehead atoms. The molecule has 1 N–H and O–H groups in total. The van der Waals surface area contributed by atoms with Crippen molar-refractivity contribution >= 4 is 56.0 Å². The molecule has 4 rings (SSSR count). The lowest BCUT2D eigenvalue weighted by Gasteiger charge is -2.08. The summed E-state index contributed by atoms with van der Waals surface area (Å²) < 4.78 is 6.47. The quantitative estimate of drug-likeness (QED) is 0.548. The smallest absolute Gasteiger partial charge is 0.282 e. The predicted molar refractivity (Wildman–Crippen MR) is 108 cm³/mol. The Kier molecular flexibility index (Phi) is 4.40. The molecule has 7 heteroatoms. The number of aromatic nitrogens is 1. The number of benzene rings is 2. The van der Waals surface area contributed by atoms with Crippen molar-refractivity contribution in [1.82, 2.24) is 10.3 Å². The first-order chi connectivity index (χ1) is 12.7. The first kappa shape index (κ1) is 16.7. The summed E-state index contributed by atoms with van der Waals surface area (Å²) in [4.78, 5) is 18.8. The van der Waals surface area contributed by atoms with Gasteiger partial charge in [-0.15, -0.1) is 0 Å². The summed E-state index contributed by atoms with van der Waals surface area (Å²) in [6, 6.07) is 15.3. The number of fused-ring (bicyclic) bond motifs is 1. The zero-order valence-electron chi connectivity index (χ0n) is 13.9. The van der Waals surface area contributed by atoms with Crippen LogP contribution < -0.4 is 15.0 Å². The fourth-order valence-electron chi connectivity index (χ4n) is 2.67. The molecule has 0 radical (unpaired) electrons. The zero-order chi connectivity index (χ0) is 18.1. The third-order valence-electron chi connectivity index (χ3n) is 3.84. The molecular weight excluding hydrogens is 366 g/mol. The van der Waals surface area contributed by atoms with E-state index in [2.05, 4.69) is 10.3 Å². The third kappa shape index (κ3) is 3.07. The summed E-state index contributed by atoms with van der Waals surface area (Å²) in [5.74, 6) is 0.580. The number of thiocarbonyl (C=S) groups is 1. The summed E-state index contributed by atoms with van der Waals surface area (Å²) in [6.45, 7) is 2.54. The Morgan fingerprint density at radius 1 is 1.27 bits per heavy atom. The van der Waals surface area contributed by atoms with Gasteiger partial charge in [0, 0.05) is 0 Å². The second-order valence-corrected chi connectivity index (χ2v) is 6.99. The number of hydrogen-bond donors (Lipinski definition) is 1. The van der Waals surface area contributed by atoms with Gasteiger partial charge in [0.05, 0.1) is 16.8 Å². The summed E-state index contributed by atoms with van der Waals surface area (Å²) in [6.07, 6.45) is 1.79. The van der Waals surface area contributed by atoms with Crippen molar-refractivity contribution in [2.75, 3.05) is 11.5 Å². The first-order valence-corrected chi connectivity index (χ1v) is 9.34. The molecule has 1 aliphatic rings. The summed E-state index contributed by atoms with van der Waals surface area (Å²) >= 11 is 6.77. The molecule has 2 aromatic carbocycles. The van der Waals surface area contributed by atoms with Crippen LogP contribution in [0.1, 0.15) is 12.5 Å². The van der Waals surface area contributed by atoms with Gasteiger partial charge in [0.25, 0.3) is 5.91 Å². The van der Waals surface area contributed by atoms with Crippen molar-refractivity contribution in [3.8, 4) is 5.75 Å². The molecule has 0 saturated carbocycles. The van der Waals surface area contributed by atoms with Gasteiger partial charge in [-0.05, 0) is 49.0 Å². The monoisotopic (exact) mass is 381 g/mol. The molecule has 1 aromatic heterocycles. The number of carbonyl (C=O) groups excluding carboxylic acids is 1. The van der Waals surface area contributed by atoms with Crippen LogP contribution in [0, 0.1) is 0 Å². The second-order valence-electron chi connectivity index (χ2n) is 5.60. The van der Waals surface area contributed by atoms with Crippen LogP contribution in [0.3, 0.4) is 0 Å². The fourth-order valence-corrected chi connectivity index (χ4v) is 4.01. The Bertz CT molecular complexity index is 1030. The molecule has 3 aromatic rings. The Balaban J connectivity index is 1.67. The van der Waals surface area contributed by atoms with Crippen LogP contribution in [0.25, 0.3) is 16.3 Å². The summed E-state index contributed by atoms with van der Waals surface area (Å²) in [5, 5.41) is 3.87. The van der Waals surface area contributed by atoms with Crippen LogP contribution >= 0.6 is 23.6 Å². The molecule has 130 valence electrons. The number of carbonyl (C=O) groups is 1. The Morgan fingerprint density at radius 2 is 2.08 bits per heavy atom. The molecule has 1 fully saturated rings. The van der Waals surface area contributed by atoms with Crippen molar-refractivity contribution < 1.29 is 9.53 Å². The average Bonchev–Trinajstić information content (AvgIpc) is 3.16. The molecule has 26 heavy (non-hydrogen) atoms. The van der Waals surface area contributed by atoms with E-state index in [4.69, 9.17) is 17.0 Å². The van der Waals surface area contributed by atoms with Gasteiger partial charge in [-0.3, -0.25) is 4.79 Å². The highest BCUT2D eigenvalue weighted by molar-refractivity contribution is 7.80. The first-order valence-electron chi connectivity index (χ1n) is 8.11. The maximum Gasteiger partial charge on any atom is 0.282 e. The number of rotatable bonds is 4. The van der Waals surface area contributed by atoms with E-state index in [1.54, 1.807) is 6.08 Å². The number of amides is 1. The van der Waals surface area contributed by atoms with Gasteiger partial charge in [-0.25, -0.2) is 9.88 Å². The largest absolute Gasteiger partial charge is 0.494 e. The van der Waals surface area contributed by atoms with Crippen molar-refractivity contribution in [2.24, 2.45) is 0 Å².